The van der Waals surface area contributed by atoms with Crippen molar-refractivity contribution < 1.29 is 13.7 Å². The number of rotatable bonds is 3. The van der Waals surface area contributed by atoms with Crippen LogP contribution in [0.2, 0.25) is 0 Å². The van der Waals surface area contributed by atoms with Crippen LogP contribution in [0.5, 0.6) is 0 Å². The number of nitrogens with two attached hydrogens (primary N) is 1. The highest BCUT2D eigenvalue weighted by Crippen LogP contribution is 2.35. The van der Waals surface area contributed by atoms with Gasteiger partial charge in [-0.2, -0.15) is 8.78 Å². The second-order valence-electron chi connectivity index (χ2n) is 2.83. The molecule has 0 heterocycles. The van der Waals surface area contributed by atoms with Gasteiger partial charge in [0.15, 0.2) is 0 Å². The summed E-state index contributed by atoms with van der Waals surface area (Å²) in [5.74, 6) is -3.39. The van der Waals surface area contributed by atoms with Gasteiger partial charge in [0.1, 0.15) is 0 Å². The molecule has 0 saturated carbocycles. The van der Waals surface area contributed by atoms with E-state index in [2.05, 4.69) is 15.9 Å². The van der Waals surface area contributed by atoms with E-state index in [0.717, 1.165) is 12.1 Å². The van der Waals surface area contributed by atoms with Gasteiger partial charge in [0.2, 0.25) is 0 Å². The minimum Gasteiger partial charge on any atom is -0.325 e. The zero-order chi connectivity index (χ0) is 11.6. The number of hydrogen-bond acceptors (Lipinski definition) is 3. The highest BCUT2D eigenvalue weighted by molar-refractivity contribution is 9.10. The number of nitro benzene ring substituents is 1. The number of nitro groups is 1. The normalized spacial score (nSPS) is 11.5. The molecule has 0 aliphatic heterocycles. The van der Waals surface area contributed by atoms with Gasteiger partial charge < -0.3 is 5.73 Å². The molecule has 0 radical (unpaired) electrons. The lowest BCUT2D eigenvalue weighted by atomic mass is 10.1. The fourth-order valence-corrected chi connectivity index (χ4v) is 1.42. The molecule has 15 heavy (non-hydrogen) atoms. The van der Waals surface area contributed by atoms with Crippen LogP contribution in [-0.4, -0.2) is 11.5 Å². The van der Waals surface area contributed by atoms with E-state index in [9.17, 15) is 18.9 Å². The number of benzene rings is 1. The summed E-state index contributed by atoms with van der Waals surface area (Å²) in [6.07, 6.45) is 0. The van der Waals surface area contributed by atoms with Gasteiger partial charge in [0.05, 0.1) is 17.0 Å². The third-order valence-electron chi connectivity index (χ3n) is 1.81. The van der Waals surface area contributed by atoms with Crippen LogP contribution in [0.1, 0.15) is 5.56 Å². The summed E-state index contributed by atoms with van der Waals surface area (Å²) in [6.45, 7) is -0.963. The van der Waals surface area contributed by atoms with Crippen LogP contribution in [0.25, 0.3) is 0 Å². The molecule has 7 heteroatoms. The second-order valence-corrected chi connectivity index (χ2v) is 3.74. The van der Waals surface area contributed by atoms with Gasteiger partial charge in [-0.1, -0.05) is 15.9 Å². The zero-order valence-electron chi connectivity index (χ0n) is 7.41. The number of nitrogens with zero attached hydrogens (tertiary/aromatic N) is 1. The van der Waals surface area contributed by atoms with Gasteiger partial charge in [-0.25, -0.2) is 0 Å². The predicted molar refractivity (Wildman–Crippen MR) is 53.7 cm³/mol. The first-order valence-corrected chi connectivity index (χ1v) is 4.70. The highest BCUT2D eigenvalue weighted by Gasteiger charge is 2.36. The second kappa shape index (κ2) is 4.19. The van der Waals surface area contributed by atoms with E-state index < -0.39 is 28.6 Å². The topological polar surface area (TPSA) is 69.2 Å². The molecule has 4 nitrogen and oxygen atoms in total. The summed E-state index contributed by atoms with van der Waals surface area (Å²) in [6, 6.07) is 3.33. The monoisotopic (exact) mass is 280 g/mol. The SMILES string of the molecule is NCC(F)(F)c1ccc(Br)cc1[N+](=O)[O-]. The first kappa shape index (κ1) is 12.0. The molecule has 0 aliphatic carbocycles. The van der Waals surface area contributed by atoms with Crippen molar-refractivity contribution in [1.82, 2.24) is 0 Å². The first-order valence-electron chi connectivity index (χ1n) is 3.91. The molecule has 1 aromatic rings. The maximum absolute atomic E-state index is 13.2. The van der Waals surface area contributed by atoms with Gasteiger partial charge in [-0.3, -0.25) is 10.1 Å². The molecule has 1 rings (SSSR count). The van der Waals surface area contributed by atoms with E-state index in [1.807, 2.05) is 0 Å². The average molecular weight is 281 g/mol. The Bertz CT molecular complexity index is 398. The lowest BCUT2D eigenvalue weighted by Crippen LogP contribution is -2.26. The van der Waals surface area contributed by atoms with Crippen LogP contribution in [0.4, 0.5) is 14.5 Å². The van der Waals surface area contributed by atoms with Crippen molar-refractivity contribution in [3.63, 3.8) is 0 Å². The standard InChI is InChI=1S/C8H7BrF2N2O2/c9-5-1-2-6(8(10,11)4-12)7(3-5)13(14)15/h1-3H,4,12H2. The Morgan fingerprint density at radius 3 is 2.60 bits per heavy atom. The minimum atomic E-state index is -3.39. The Kier molecular flexibility index (Phi) is 3.35. The molecule has 0 aliphatic rings. The fraction of sp³-hybridized carbons (Fsp3) is 0.250. The fourth-order valence-electron chi connectivity index (χ4n) is 1.08. The molecule has 0 atom stereocenters. The van der Waals surface area contributed by atoms with Crippen LogP contribution in [-0.2, 0) is 5.92 Å². The molecule has 0 saturated heterocycles. The maximum Gasteiger partial charge on any atom is 0.291 e. The molecule has 0 unspecified atom stereocenters. The van der Waals surface area contributed by atoms with Crippen molar-refractivity contribution in [2.45, 2.75) is 5.92 Å². The summed E-state index contributed by atoms with van der Waals surface area (Å²) in [4.78, 5) is 9.69. The van der Waals surface area contributed by atoms with Gasteiger partial charge >= 0.3 is 0 Å². The Balaban J connectivity index is 3.35. The lowest BCUT2D eigenvalue weighted by Gasteiger charge is -2.14. The third kappa shape index (κ3) is 2.48. The Labute approximate surface area is 92.4 Å². The van der Waals surface area contributed by atoms with Gasteiger partial charge in [0, 0.05) is 10.5 Å². The van der Waals surface area contributed by atoms with Crippen LogP contribution < -0.4 is 5.73 Å². The van der Waals surface area contributed by atoms with Gasteiger partial charge in [-0.15, -0.1) is 0 Å². The van der Waals surface area contributed by atoms with Crippen molar-refractivity contribution in [3.05, 3.63) is 38.3 Å². The average Bonchev–Trinajstić information content (AvgIpc) is 2.17. The maximum atomic E-state index is 13.2. The van der Waals surface area contributed by atoms with E-state index >= 15 is 0 Å². The third-order valence-corrected chi connectivity index (χ3v) is 2.30. The molecule has 2 N–H and O–H groups in total. The van der Waals surface area contributed by atoms with Crippen LogP contribution in [0.15, 0.2) is 22.7 Å². The molecule has 0 bridgehead atoms. The highest BCUT2D eigenvalue weighted by atomic mass is 79.9. The summed E-state index contributed by atoms with van der Waals surface area (Å²) < 4.78 is 26.8. The van der Waals surface area contributed by atoms with Crippen LogP contribution in [0, 0.1) is 10.1 Å². The lowest BCUT2D eigenvalue weighted by molar-refractivity contribution is -0.387. The van der Waals surface area contributed by atoms with Crippen molar-refractivity contribution in [1.29, 1.82) is 0 Å². The van der Waals surface area contributed by atoms with Gasteiger partial charge in [0.25, 0.3) is 11.6 Å². The quantitative estimate of drug-likeness (QED) is 0.683. The zero-order valence-corrected chi connectivity index (χ0v) is 9.00. The van der Waals surface area contributed by atoms with E-state index in [4.69, 9.17) is 5.73 Å². The minimum absolute atomic E-state index is 0.366. The predicted octanol–water partition coefficient (Wildman–Crippen LogP) is 2.41. The van der Waals surface area contributed by atoms with E-state index in [1.165, 1.54) is 6.07 Å². The number of halogens is 3. The first-order chi connectivity index (χ1) is 6.88. The molecular weight excluding hydrogens is 274 g/mol. The van der Waals surface area contributed by atoms with E-state index in [0.29, 0.717) is 4.47 Å². The van der Waals surface area contributed by atoms with E-state index in [-0.39, 0.29) is 0 Å². The summed E-state index contributed by atoms with van der Waals surface area (Å²) >= 11 is 2.97. The Morgan fingerprint density at radius 1 is 1.53 bits per heavy atom. The van der Waals surface area contributed by atoms with Crippen LogP contribution in [0.3, 0.4) is 0 Å². The molecule has 0 amide bonds. The van der Waals surface area contributed by atoms with E-state index in [1.54, 1.807) is 0 Å². The van der Waals surface area contributed by atoms with Gasteiger partial charge in [-0.05, 0) is 12.1 Å². The number of alkyl halides is 2. The van der Waals surface area contributed by atoms with Crippen LogP contribution >= 0.6 is 15.9 Å². The summed E-state index contributed by atoms with van der Waals surface area (Å²) in [7, 11) is 0. The smallest absolute Gasteiger partial charge is 0.291 e. The Hall–Kier alpha value is -1.08. The molecule has 1 aromatic carbocycles. The summed E-state index contributed by atoms with van der Waals surface area (Å²) in [5, 5.41) is 10.5. The molecule has 82 valence electrons. The molecule has 0 spiro atoms. The van der Waals surface area contributed by atoms with Crippen molar-refractivity contribution in [3.8, 4) is 0 Å². The molecule has 0 fully saturated rings. The van der Waals surface area contributed by atoms with Crippen molar-refractivity contribution >= 4 is 21.6 Å². The largest absolute Gasteiger partial charge is 0.325 e. The molecule has 0 aromatic heterocycles. The Morgan fingerprint density at radius 2 is 2.13 bits per heavy atom. The number of hydrogen-bond donors (Lipinski definition) is 1. The van der Waals surface area contributed by atoms with Crippen molar-refractivity contribution in [2.75, 3.05) is 6.54 Å². The van der Waals surface area contributed by atoms with Crippen molar-refractivity contribution in [2.24, 2.45) is 5.73 Å². The molecular formula is C8H7BrF2N2O2. The summed E-state index contributed by atoms with van der Waals surface area (Å²) in [5.41, 5.74) is 3.55.